The minimum Gasteiger partial charge on any atom is -0.484 e. The lowest BCUT2D eigenvalue weighted by Crippen LogP contribution is -2.39. The molecule has 5 rings (SSSR count). The second-order valence-corrected chi connectivity index (χ2v) is 8.51. The number of ether oxygens (including phenoxy) is 1. The van der Waals surface area contributed by atoms with Gasteiger partial charge in [-0.15, -0.1) is 0 Å². The molecule has 1 saturated heterocycles. The van der Waals surface area contributed by atoms with Gasteiger partial charge in [-0.25, -0.2) is 4.98 Å². The highest BCUT2D eigenvalue weighted by molar-refractivity contribution is 6.35. The van der Waals surface area contributed by atoms with Gasteiger partial charge in [0.05, 0.1) is 18.5 Å². The van der Waals surface area contributed by atoms with Crippen LogP contribution in [0.3, 0.4) is 0 Å². The van der Waals surface area contributed by atoms with E-state index in [0.717, 1.165) is 42.0 Å². The van der Waals surface area contributed by atoms with E-state index >= 15 is 0 Å². The Balaban J connectivity index is 1.45. The quantitative estimate of drug-likeness (QED) is 0.671. The first-order chi connectivity index (χ1) is 14.1. The van der Waals surface area contributed by atoms with Gasteiger partial charge in [-0.2, -0.15) is 0 Å². The van der Waals surface area contributed by atoms with Gasteiger partial charge in [-0.05, 0) is 54.8 Å². The fraction of sp³-hybridized carbons (Fsp3) is 0.318. The van der Waals surface area contributed by atoms with Crippen LogP contribution in [-0.2, 0) is 6.42 Å². The highest BCUT2D eigenvalue weighted by Crippen LogP contribution is 2.43. The number of aliphatic hydroxyl groups excluding tert-OH is 1. The number of hydrogen-bond donors (Lipinski definition) is 1. The molecule has 2 heterocycles. The molecule has 1 aromatic heterocycles. The molecule has 0 saturated carbocycles. The van der Waals surface area contributed by atoms with Gasteiger partial charge in [0.15, 0.2) is 0 Å². The zero-order valence-corrected chi connectivity index (χ0v) is 17.2. The van der Waals surface area contributed by atoms with Crippen molar-refractivity contribution in [3.05, 3.63) is 76.3 Å². The van der Waals surface area contributed by atoms with Crippen LogP contribution in [-0.4, -0.2) is 44.8 Å². The van der Waals surface area contributed by atoms with Crippen molar-refractivity contribution in [1.29, 1.82) is 0 Å². The molecule has 0 spiro atoms. The van der Waals surface area contributed by atoms with Crippen molar-refractivity contribution in [3.63, 3.8) is 0 Å². The summed E-state index contributed by atoms with van der Waals surface area (Å²) in [4.78, 5) is 6.39. The molecular weight excluding hydrogens is 409 g/mol. The lowest BCUT2D eigenvalue weighted by molar-refractivity contribution is 0.0818. The van der Waals surface area contributed by atoms with E-state index in [2.05, 4.69) is 9.88 Å². The van der Waals surface area contributed by atoms with Crippen molar-refractivity contribution < 1.29 is 9.84 Å². The highest BCUT2D eigenvalue weighted by Gasteiger charge is 2.41. The molecule has 5 nitrogen and oxygen atoms in total. The van der Waals surface area contributed by atoms with Gasteiger partial charge in [0.25, 0.3) is 0 Å². The summed E-state index contributed by atoms with van der Waals surface area (Å²) in [6.45, 7) is 1.51. The number of likely N-dealkylation sites (tertiary alicyclic amines) is 1. The summed E-state index contributed by atoms with van der Waals surface area (Å²) in [6.07, 6.45) is 6.52. The minimum atomic E-state index is -0.284. The maximum absolute atomic E-state index is 10.0. The van der Waals surface area contributed by atoms with E-state index in [1.54, 1.807) is 18.6 Å². The van der Waals surface area contributed by atoms with E-state index < -0.39 is 0 Å². The van der Waals surface area contributed by atoms with Crippen LogP contribution in [0.25, 0.3) is 5.69 Å². The third-order valence-corrected chi connectivity index (χ3v) is 6.39. The Morgan fingerprint density at radius 1 is 1.14 bits per heavy atom. The maximum atomic E-state index is 10.0. The van der Waals surface area contributed by atoms with Gasteiger partial charge in [0.1, 0.15) is 11.9 Å². The molecule has 2 aromatic carbocycles. The number of β-amino-alcohol motifs (C(OH)–C–C–N with tert-alkyl or cyclic N) is 1. The fourth-order valence-corrected chi connectivity index (χ4v) is 4.99. The van der Waals surface area contributed by atoms with Crippen molar-refractivity contribution in [2.75, 3.05) is 13.1 Å². The van der Waals surface area contributed by atoms with Gasteiger partial charge < -0.3 is 14.4 Å². The van der Waals surface area contributed by atoms with Crippen molar-refractivity contribution in [1.82, 2.24) is 14.5 Å². The average Bonchev–Trinajstić information content (AvgIpc) is 3.44. The first-order valence-electron chi connectivity index (χ1n) is 9.73. The molecule has 0 unspecified atom stereocenters. The van der Waals surface area contributed by atoms with Gasteiger partial charge >= 0.3 is 0 Å². The largest absolute Gasteiger partial charge is 0.484 e. The SMILES string of the molecule is O[C@@H]1CCN([C@H]2Cc3c(Cl)cc(Cl)cc3[C@H]2Oc2ccc(-n3ccnc3)cc2)C1. The molecule has 3 aromatic rings. The average molecular weight is 430 g/mol. The molecule has 1 aliphatic heterocycles. The molecule has 0 bridgehead atoms. The summed E-state index contributed by atoms with van der Waals surface area (Å²) in [7, 11) is 0. The smallest absolute Gasteiger partial charge is 0.140 e. The Bertz CT molecular complexity index is 1010. The molecule has 3 atom stereocenters. The lowest BCUT2D eigenvalue weighted by atomic mass is 10.1. The van der Waals surface area contributed by atoms with Crippen LogP contribution in [0.15, 0.2) is 55.1 Å². The second-order valence-electron chi connectivity index (χ2n) is 7.67. The molecule has 7 heteroatoms. The number of benzene rings is 2. The normalized spacial score (nSPS) is 24.0. The molecule has 2 aliphatic rings. The zero-order valence-electron chi connectivity index (χ0n) is 15.7. The maximum Gasteiger partial charge on any atom is 0.140 e. The van der Waals surface area contributed by atoms with Gasteiger partial charge in [0.2, 0.25) is 0 Å². The fourth-order valence-electron chi connectivity index (χ4n) is 4.40. The number of imidazole rings is 1. The Morgan fingerprint density at radius 2 is 1.97 bits per heavy atom. The molecule has 1 aliphatic carbocycles. The number of aromatic nitrogens is 2. The topological polar surface area (TPSA) is 50.5 Å². The van der Waals surface area contributed by atoms with Crippen molar-refractivity contribution in [2.45, 2.75) is 31.1 Å². The summed E-state index contributed by atoms with van der Waals surface area (Å²) in [5.74, 6) is 0.785. The predicted molar refractivity (Wildman–Crippen MR) is 113 cm³/mol. The number of hydrogen-bond acceptors (Lipinski definition) is 4. The number of fused-ring (bicyclic) bond motifs is 1. The Hall–Kier alpha value is -2.05. The van der Waals surface area contributed by atoms with E-state index in [4.69, 9.17) is 27.9 Å². The van der Waals surface area contributed by atoms with Gasteiger partial charge in [-0.1, -0.05) is 23.2 Å². The summed E-state index contributed by atoms with van der Waals surface area (Å²) < 4.78 is 8.43. The Kier molecular flexibility index (Phi) is 5.00. The molecule has 0 amide bonds. The van der Waals surface area contributed by atoms with Gasteiger partial charge in [0, 0.05) is 46.8 Å². The second kappa shape index (κ2) is 7.65. The van der Waals surface area contributed by atoms with Crippen molar-refractivity contribution >= 4 is 23.2 Å². The summed E-state index contributed by atoms with van der Waals surface area (Å²) >= 11 is 12.8. The van der Waals surface area contributed by atoms with Crippen LogP contribution in [0.1, 0.15) is 23.7 Å². The molecule has 29 heavy (non-hydrogen) atoms. The van der Waals surface area contributed by atoms with Crippen molar-refractivity contribution in [3.8, 4) is 11.4 Å². The number of halogens is 2. The van der Waals surface area contributed by atoms with Gasteiger partial charge in [-0.3, -0.25) is 4.90 Å². The summed E-state index contributed by atoms with van der Waals surface area (Å²) in [5.41, 5.74) is 3.14. The third kappa shape index (κ3) is 3.64. The van der Waals surface area contributed by atoms with Crippen LogP contribution in [0.4, 0.5) is 0 Å². The summed E-state index contributed by atoms with van der Waals surface area (Å²) in [6, 6.07) is 11.8. The van der Waals surface area contributed by atoms with E-state index in [0.29, 0.717) is 16.6 Å². The standard InChI is InChI=1S/C22H21Cl2N3O2/c23-14-9-19-18(20(24)10-14)11-21(26-7-5-16(28)12-26)22(19)29-17-3-1-15(2-4-17)27-8-6-25-13-27/h1-4,6,8-10,13,16,21-22,28H,5,7,11-12H2/t16-,21+,22-/m1/s1. The van der Waals surface area contributed by atoms with Crippen LogP contribution >= 0.6 is 23.2 Å². The lowest BCUT2D eigenvalue weighted by Gasteiger charge is -2.30. The van der Waals surface area contributed by atoms with E-state index in [9.17, 15) is 5.11 Å². The van der Waals surface area contributed by atoms with Crippen LogP contribution < -0.4 is 4.74 Å². The molecule has 0 radical (unpaired) electrons. The number of rotatable bonds is 4. The molecule has 1 N–H and O–H groups in total. The molecule has 1 fully saturated rings. The van der Waals surface area contributed by atoms with E-state index in [1.165, 1.54) is 0 Å². The Labute approximate surface area is 179 Å². The van der Waals surface area contributed by atoms with Crippen LogP contribution in [0.5, 0.6) is 5.75 Å². The van der Waals surface area contributed by atoms with E-state index in [1.807, 2.05) is 41.1 Å². The Morgan fingerprint density at radius 3 is 2.66 bits per heavy atom. The molecule has 150 valence electrons. The first kappa shape index (κ1) is 18.9. The predicted octanol–water partition coefficient (Wildman–Crippen LogP) is 4.29. The van der Waals surface area contributed by atoms with Crippen LogP contribution in [0, 0.1) is 0 Å². The van der Waals surface area contributed by atoms with Crippen molar-refractivity contribution in [2.24, 2.45) is 0 Å². The highest BCUT2D eigenvalue weighted by atomic mass is 35.5. The first-order valence-corrected chi connectivity index (χ1v) is 10.5. The number of nitrogens with zero attached hydrogens (tertiary/aromatic N) is 3. The van der Waals surface area contributed by atoms with Crippen LogP contribution in [0.2, 0.25) is 10.0 Å². The third-order valence-electron chi connectivity index (χ3n) is 5.83. The van der Waals surface area contributed by atoms with E-state index in [-0.39, 0.29) is 18.2 Å². The zero-order chi connectivity index (χ0) is 20.0. The molecular formula is C22H21Cl2N3O2. The number of aliphatic hydroxyl groups is 1. The monoisotopic (exact) mass is 429 g/mol. The minimum absolute atomic E-state index is 0.117. The summed E-state index contributed by atoms with van der Waals surface area (Å²) in [5, 5.41) is 11.3.